The number of aryl methyl sites for hydroxylation is 2. The van der Waals surface area contributed by atoms with Crippen molar-refractivity contribution in [3.8, 4) is 0 Å². The van der Waals surface area contributed by atoms with Crippen molar-refractivity contribution in [3.63, 3.8) is 0 Å². The molecule has 0 aliphatic carbocycles. The third-order valence-electron chi connectivity index (χ3n) is 5.47. The van der Waals surface area contributed by atoms with E-state index in [-0.39, 0.29) is 5.41 Å². The lowest BCUT2D eigenvalue weighted by atomic mass is 9.90. The van der Waals surface area contributed by atoms with E-state index >= 15 is 0 Å². The first-order valence-electron chi connectivity index (χ1n) is 15.5. The van der Waals surface area contributed by atoms with Gasteiger partial charge in [0.1, 0.15) is 0 Å². The van der Waals surface area contributed by atoms with Crippen LogP contribution in [0.2, 0.25) is 0 Å². The van der Waals surface area contributed by atoms with Crippen molar-refractivity contribution < 1.29 is 0 Å². The Bertz CT molecular complexity index is 795. The lowest BCUT2D eigenvalue weighted by Crippen LogP contribution is -2.21. The predicted octanol–water partition coefficient (Wildman–Crippen LogP) is 13.5. The monoisotopic (exact) mass is 556 g/mol. The van der Waals surface area contributed by atoms with E-state index in [1.807, 2.05) is 55.5 Å². The minimum Gasteiger partial charge on any atom is -0.391 e. The van der Waals surface area contributed by atoms with Gasteiger partial charge in [-0.15, -0.1) is 26.3 Å². The molecule has 0 bridgehead atoms. The molecule has 1 nitrogen and oxygen atoms in total. The molecule has 0 heterocycles. The van der Waals surface area contributed by atoms with Gasteiger partial charge in [0.2, 0.25) is 0 Å². The van der Waals surface area contributed by atoms with Crippen LogP contribution in [0.15, 0.2) is 86.2 Å². The summed E-state index contributed by atoms with van der Waals surface area (Å²) in [6.07, 6.45) is 6.78. The molecule has 1 aromatic rings. The summed E-state index contributed by atoms with van der Waals surface area (Å²) in [6, 6.07) is 6.90. The van der Waals surface area contributed by atoms with Gasteiger partial charge in [0.25, 0.3) is 0 Å². The number of hydrogen-bond donors (Lipinski definition) is 1. The number of rotatable bonds is 8. The van der Waals surface area contributed by atoms with Gasteiger partial charge in [0, 0.05) is 18.2 Å². The molecular weight excluding hydrogens is 482 g/mol. The molecule has 40 heavy (non-hydrogen) atoms. The smallest absolute Gasteiger partial charge is 0.0164 e. The maximum absolute atomic E-state index is 3.94. The van der Waals surface area contributed by atoms with Crippen LogP contribution in [0.3, 0.4) is 0 Å². The third-order valence-corrected chi connectivity index (χ3v) is 5.47. The van der Waals surface area contributed by atoms with Crippen molar-refractivity contribution >= 4 is 5.57 Å². The minimum absolute atomic E-state index is 0.132. The molecule has 1 rings (SSSR count). The van der Waals surface area contributed by atoms with Crippen molar-refractivity contribution in [2.75, 3.05) is 7.05 Å². The molecule has 0 amide bonds. The Kier molecular flexibility index (Phi) is 43.4. The zero-order valence-corrected chi connectivity index (χ0v) is 30.4. The summed E-state index contributed by atoms with van der Waals surface area (Å²) < 4.78 is 0. The predicted molar refractivity (Wildman–Crippen MR) is 195 cm³/mol. The summed E-state index contributed by atoms with van der Waals surface area (Å²) in [5.41, 5.74) is 10.8. The molecule has 1 aromatic carbocycles. The van der Waals surface area contributed by atoms with Gasteiger partial charge in [-0.05, 0) is 73.9 Å². The van der Waals surface area contributed by atoms with E-state index in [0.717, 1.165) is 24.0 Å². The highest BCUT2D eigenvalue weighted by atomic mass is 14.8. The Hall–Kier alpha value is -2.54. The SMILES string of the molecule is C=C.C=C.C=C(C)C(=C)/C=C(\NC)C(C)(C)C.CC.CC.CC.CCC/C(C)=C(\CC)c1cc(CC)ccc1C. The molecule has 0 aromatic heterocycles. The third kappa shape index (κ3) is 24.5. The van der Waals surface area contributed by atoms with Crippen LogP contribution in [0, 0.1) is 12.3 Å². The lowest BCUT2D eigenvalue weighted by molar-refractivity contribution is 0.473. The fourth-order valence-electron chi connectivity index (χ4n) is 3.42. The van der Waals surface area contributed by atoms with Crippen LogP contribution >= 0.6 is 0 Å². The van der Waals surface area contributed by atoms with Gasteiger partial charge in [0.05, 0.1) is 0 Å². The average molecular weight is 556 g/mol. The van der Waals surface area contributed by atoms with Crippen LogP contribution in [0.5, 0.6) is 0 Å². The second-order valence-corrected chi connectivity index (χ2v) is 9.23. The fraction of sp³-hybridized carbons (Fsp3) is 0.538. The maximum atomic E-state index is 3.94. The van der Waals surface area contributed by atoms with Gasteiger partial charge in [-0.25, -0.2) is 0 Å². The van der Waals surface area contributed by atoms with Gasteiger partial charge >= 0.3 is 0 Å². The van der Waals surface area contributed by atoms with Gasteiger partial charge in [-0.3, -0.25) is 0 Å². The van der Waals surface area contributed by atoms with Gasteiger partial charge in [-0.1, -0.05) is 132 Å². The Labute approximate surface area is 255 Å². The van der Waals surface area contributed by atoms with Crippen molar-refractivity contribution in [3.05, 3.63) is 103 Å². The first-order chi connectivity index (χ1) is 18.9. The molecule has 0 unspecified atom stereocenters. The summed E-state index contributed by atoms with van der Waals surface area (Å²) in [6.45, 7) is 51.5. The Morgan fingerprint density at radius 1 is 0.850 bits per heavy atom. The zero-order chi connectivity index (χ0) is 33.5. The molecule has 0 atom stereocenters. The number of allylic oxidation sites excluding steroid dienone is 6. The number of nitrogens with one attached hydrogen (secondary N) is 1. The Morgan fingerprint density at radius 2 is 1.30 bits per heavy atom. The van der Waals surface area contributed by atoms with Crippen LogP contribution < -0.4 is 5.32 Å². The first kappa shape index (κ1) is 50.3. The zero-order valence-electron chi connectivity index (χ0n) is 30.4. The van der Waals surface area contributed by atoms with Gasteiger partial charge in [-0.2, -0.15) is 0 Å². The summed E-state index contributed by atoms with van der Waals surface area (Å²) in [7, 11) is 1.93. The largest absolute Gasteiger partial charge is 0.391 e. The van der Waals surface area contributed by atoms with Gasteiger partial charge < -0.3 is 5.32 Å². The topological polar surface area (TPSA) is 12.0 Å². The van der Waals surface area contributed by atoms with Crippen LogP contribution in [-0.2, 0) is 6.42 Å². The molecule has 1 N–H and O–H groups in total. The summed E-state index contributed by atoms with van der Waals surface area (Å²) in [5.74, 6) is 0. The molecule has 0 saturated carbocycles. The van der Waals surface area contributed by atoms with Crippen molar-refractivity contribution in [2.45, 2.75) is 130 Å². The van der Waals surface area contributed by atoms with Crippen molar-refractivity contribution in [2.24, 2.45) is 5.41 Å². The Balaban J connectivity index is -0.000000112. The van der Waals surface area contributed by atoms with E-state index in [1.165, 1.54) is 35.2 Å². The molecule has 1 heteroatoms. The van der Waals surface area contributed by atoms with E-state index < -0.39 is 0 Å². The van der Waals surface area contributed by atoms with E-state index in [0.29, 0.717) is 0 Å². The highest BCUT2D eigenvalue weighted by Gasteiger charge is 2.15. The summed E-state index contributed by atoms with van der Waals surface area (Å²) in [5, 5.41) is 3.19. The Morgan fingerprint density at radius 3 is 1.60 bits per heavy atom. The van der Waals surface area contributed by atoms with Crippen LogP contribution in [0.4, 0.5) is 0 Å². The van der Waals surface area contributed by atoms with E-state index in [4.69, 9.17) is 0 Å². The summed E-state index contributed by atoms with van der Waals surface area (Å²) in [4.78, 5) is 0. The molecule has 0 saturated heterocycles. The molecular formula is C39H73N. The molecule has 0 spiro atoms. The quantitative estimate of drug-likeness (QED) is 0.248. The van der Waals surface area contributed by atoms with Crippen LogP contribution in [0.25, 0.3) is 5.57 Å². The lowest BCUT2D eigenvalue weighted by Gasteiger charge is -2.23. The highest BCUT2D eigenvalue weighted by molar-refractivity contribution is 5.71. The van der Waals surface area contributed by atoms with E-state index in [1.54, 1.807) is 11.1 Å². The van der Waals surface area contributed by atoms with Crippen LogP contribution in [0.1, 0.15) is 133 Å². The fourth-order valence-corrected chi connectivity index (χ4v) is 3.42. The van der Waals surface area contributed by atoms with Crippen molar-refractivity contribution in [1.29, 1.82) is 0 Å². The van der Waals surface area contributed by atoms with Gasteiger partial charge in [0.15, 0.2) is 0 Å². The molecule has 0 aliphatic heterocycles. The summed E-state index contributed by atoms with van der Waals surface area (Å²) >= 11 is 0. The van der Waals surface area contributed by atoms with E-state index in [2.05, 4.69) is 124 Å². The molecule has 0 fully saturated rings. The second-order valence-electron chi connectivity index (χ2n) is 9.23. The first-order valence-corrected chi connectivity index (χ1v) is 15.5. The minimum atomic E-state index is 0.132. The standard InChI is InChI=1S/C17H26.C12H21N.3C2H6.2C2H4/c1-6-9-13(4)16(8-3)17-12-15(7-2)11-10-14(17)5;1-9(2)10(3)8-11(13-7)12(4,5)6;5*1-2/h10-12H,6-9H2,1-5H3;8,13H,1,3H2,2,4-7H3;3*1-2H3;2*1-2H2/b16-13+;11-8-;;;;;. The molecule has 0 radical (unpaired) electrons. The molecule has 234 valence electrons. The number of benzene rings is 1. The maximum Gasteiger partial charge on any atom is 0.0164 e. The molecule has 0 aliphatic rings. The highest BCUT2D eigenvalue weighted by Crippen LogP contribution is 2.28. The normalized spacial score (nSPS) is 10.1. The number of hydrogen-bond acceptors (Lipinski definition) is 1. The van der Waals surface area contributed by atoms with Crippen molar-refractivity contribution in [1.82, 2.24) is 5.32 Å². The second kappa shape index (κ2) is 34.5. The van der Waals surface area contributed by atoms with Crippen LogP contribution in [-0.4, -0.2) is 7.05 Å². The average Bonchev–Trinajstić information content (AvgIpc) is 2.98. The van der Waals surface area contributed by atoms with E-state index in [9.17, 15) is 0 Å².